The van der Waals surface area contributed by atoms with Crippen molar-refractivity contribution in [3.05, 3.63) is 0 Å². The van der Waals surface area contributed by atoms with E-state index in [4.69, 9.17) is 9.78 Å². The molecule has 1 unspecified atom stereocenters. The zero-order chi connectivity index (χ0) is 13.7. The summed E-state index contributed by atoms with van der Waals surface area (Å²) in [4.78, 5) is 21.2. The van der Waals surface area contributed by atoms with E-state index in [9.17, 15) is 9.90 Å². The summed E-state index contributed by atoms with van der Waals surface area (Å²) in [6.07, 6.45) is 1.03. The molecular weight excluding hydrogens is 220 g/mol. The largest absolute Gasteiger partial charge is 0.393 e. The van der Waals surface area contributed by atoms with Crippen LogP contribution in [0.1, 0.15) is 60.8 Å². The molecule has 0 aliphatic heterocycles. The molecule has 0 aromatic carbocycles. The Kier molecular flexibility index (Phi) is 6.13. The third-order valence-electron chi connectivity index (χ3n) is 2.23. The zero-order valence-electron chi connectivity index (χ0n) is 11.9. The Balaban J connectivity index is 3.91. The summed E-state index contributed by atoms with van der Waals surface area (Å²) in [7, 11) is 0. The van der Waals surface area contributed by atoms with E-state index in [2.05, 4.69) is 20.8 Å². The van der Waals surface area contributed by atoms with Gasteiger partial charge < -0.3 is 5.11 Å². The van der Waals surface area contributed by atoms with Crippen molar-refractivity contribution in [1.82, 2.24) is 0 Å². The minimum atomic E-state index is -0.661. The molecular formula is C13H26O4. The van der Waals surface area contributed by atoms with Crippen molar-refractivity contribution >= 4 is 5.97 Å². The van der Waals surface area contributed by atoms with Gasteiger partial charge in [-0.15, -0.1) is 0 Å². The van der Waals surface area contributed by atoms with Crippen molar-refractivity contribution in [2.45, 2.75) is 72.5 Å². The van der Waals surface area contributed by atoms with Crippen molar-refractivity contribution in [1.29, 1.82) is 0 Å². The average Bonchev–Trinajstić information content (AvgIpc) is 2.08. The van der Waals surface area contributed by atoms with Gasteiger partial charge in [0.05, 0.1) is 6.10 Å². The van der Waals surface area contributed by atoms with Gasteiger partial charge in [-0.3, -0.25) is 4.89 Å². The second-order valence-electron chi connectivity index (χ2n) is 6.41. The summed E-state index contributed by atoms with van der Waals surface area (Å²) in [5.41, 5.74) is -0.556. The molecule has 0 radical (unpaired) electrons. The first-order valence-electron chi connectivity index (χ1n) is 6.08. The number of carbonyl (C=O) groups excluding carboxylic acids is 1. The van der Waals surface area contributed by atoms with Gasteiger partial charge in [-0.2, -0.15) is 4.89 Å². The predicted octanol–water partition coefficient (Wildman–Crippen LogP) is 2.84. The fraction of sp³-hybridized carbons (Fsp3) is 0.923. The van der Waals surface area contributed by atoms with Crippen molar-refractivity contribution in [2.24, 2.45) is 5.41 Å². The minimum Gasteiger partial charge on any atom is -0.393 e. The first-order chi connectivity index (χ1) is 7.52. The van der Waals surface area contributed by atoms with Crippen molar-refractivity contribution in [2.75, 3.05) is 0 Å². The molecule has 0 amide bonds. The molecule has 102 valence electrons. The van der Waals surface area contributed by atoms with Gasteiger partial charge in [0.25, 0.3) is 0 Å². The number of rotatable bonds is 6. The van der Waals surface area contributed by atoms with E-state index in [1.54, 1.807) is 20.8 Å². The Hall–Kier alpha value is -0.610. The molecule has 17 heavy (non-hydrogen) atoms. The van der Waals surface area contributed by atoms with Crippen LogP contribution in [0.15, 0.2) is 0 Å². The van der Waals surface area contributed by atoms with Gasteiger partial charge in [0.15, 0.2) is 0 Å². The third kappa shape index (κ3) is 10.3. The number of hydrogen-bond acceptors (Lipinski definition) is 4. The Labute approximate surface area is 104 Å². The molecule has 0 spiro atoms. The lowest BCUT2D eigenvalue weighted by atomic mass is 9.91. The number of hydrogen-bond donors (Lipinski definition) is 1. The molecule has 0 aliphatic carbocycles. The maximum absolute atomic E-state index is 11.4. The molecule has 0 bridgehead atoms. The van der Waals surface area contributed by atoms with Crippen LogP contribution in [-0.4, -0.2) is 22.8 Å². The number of carbonyl (C=O) groups is 1. The van der Waals surface area contributed by atoms with Crippen LogP contribution >= 0.6 is 0 Å². The van der Waals surface area contributed by atoms with Gasteiger partial charge in [0.2, 0.25) is 0 Å². The van der Waals surface area contributed by atoms with Gasteiger partial charge in [0.1, 0.15) is 5.60 Å². The highest BCUT2D eigenvalue weighted by Crippen LogP contribution is 2.22. The summed E-state index contributed by atoms with van der Waals surface area (Å²) in [6, 6.07) is 0. The van der Waals surface area contributed by atoms with Crippen LogP contribution in [0.4, 0.5) is 0 Å². The summed E-state index contributed by atoms with van der Waals surface area (Å²) in [5, 5.41) is 9.24. The van der Waals surface area contributed by atoms with Crippen LogP contribution < -0.4 is 0 Å². The Morgan fingerprint density at radius 1 is 1.24 bits per heavy atom. The van der Waals surface area contributed by atoms with E-state index in [0.717, 1.165) is 6.42 Å². The molecule has 0 saturated carbocycles. The molecule has 0 fully saturated rings. The second kappa shape index (κ2) is 6.36. The van der Waals surface area contributed by atoms with E-state index in [1.807, 2.05) is 0 Å². The molecule has 0 aromatic heterocycles. The normalized spacial score (nSPS) is 14.5. The summed E-state index contributed by atoms with van der Waals surface area (Å²) >= 11 is 0. The van der Waals surface area contributed by atoms with Crippen LogP contribution in [0.3, 0.4) is 0 Å². The van der Waals surface area contributed by atoms with Gasteiger partial charge in [-0.1, -0.05) is 20.8 Å². The quantitative estimate of drug-likeness (QED) is 0.578. The fourth-order valence-electron chi connectivity index (χ4n) is 1.42. The maximum Gasteiger partial charge on any atom is 0.342 e. The van der Waals surface area contributed by atoms with Crippen molar-refractivity contribution < 1.29 is 19.7 Å². The lowest BCUT2D eigenvalue weighted by Gasteiger charge is -2.24. The van der Waals surface area contributed by atoms with Gasteiger partial charge >= 0.3 is 5.97 Å². The molecule has 1 N–H and O–H groups in total. The molecule has 0 aliphatic rings. The van der Waals surface area contributed by atoms with Crippen LogP contribution in [0.25, 0.3) is 0 Å². The Morgan fingerprint density at radius 2 is 1.76 bits per heavy atom. The predicted molar refractivity (Wildman–Crippen MR) is 66.2 cm³/mol. The van der Waals surface area contributed by atoms with Crippen LogP contribution in [0.5, 0.6) is 0 Å². The zero-order valence-corrected chi connectivity index (χ0v) is 11.9. The van der Waals surface area contributed by atoms with Crippen LogP contribution in [0.2, 0.25) is 0 Å². The number of aliphatic hydroxyl groups excluding tert-OH is 1. The van der Waals surface area contributed by atoms with Crippen LogP contribution in [0, 0.1) is 5.41 Å². The van der Waals surface area contributed by atoms with Crippen molar-refractivity contribution in [3.63, 3.8) is 0 Å². The molecule has 0 saturated heterocycles. The second-order valence-corrected chi connectivity index (χ2v) is 6.41. The maximum atomic E-state index is 11.4. The average molecular weight is 246 g/mol. The smallest absolute Gasteiger partial charge is 0.342 e. The monoisotopic (exact) mass is 246 g/mol. The first kappa shape index (κ1) is 16.4. The lowest BCUT2D eigenvalue weighted by Crippen LogP contribution is -2.30. The Bertz CT molecular complexity index is 238. The first-order valence-corrected chi connectivity index (χ1v) is 6.08. The topological polar surface area (TPSA) is 55.8 Å². The highest BCUT2D eigenvalue weighted by molar-refractivity contribution is 5.68. The molecule has 4 nitrogen and oxygen atoms in total. The third-order valence-corrected chi connectivity index (χ3v) is 2.23. The highest BCUT2D eigenvalue weighted by Gasteiger charge is 2.24. The molecule has 0 heterocycles. The number of aliphatic hydroxyl groups is 1. The minimum absolute atomic E-state index is 0.105. The summed E-state index contributed by atoms with van der Waals surface area (Å²) in [5.74, 6) is -0.362. The van der Waals surface area contributed by atoms with Gasteiger partial charge in [-0.25, -0.2) is 4.79 Å². The lowest BCUT2D eigenvalue weighted by molar-refractivity contribution is -0.329. The van der Waals surface area contributed by atoms with E-state index >= 15 is 0 Å². The van der Waals surface area contributed by atoms with Crippen LogP contribution in [-0.2, 0) is 14.6 Å². The van der Waals surface area contributed by atoms with Gasteiger partial charge in [-0.05, 0) is 32.6 Å². The molecule has 4 heteroatoms. The van der Waals surface area contributed by atoms with E-state index in [0.29, 0.717) is 12.8 Å². The fourth-order valence-corrected chi connectivity index (χ4v) is 1.42. The summed E-state index contributed by atoms with van der Waals surface area (Å²) < 4.78 is 0. The van der Waals surface area contributed by atoms with Crippen molar-refractivity contribution in [3.8, 4) is 0 Å². The van der Waals surface area contributed by atoms with E-state index in [1.165, 1.54) is 0 Å². The SMILES string of the molecule is CC(O)CC(C)(C)OOC(=O)CCC(C)(C)C. The highest BCUT2D eigenvalue weighted by atomic mass is 17.2. The molecule has 0 rings (SSSR count). The summed E-state index contributed by atoms with van der Waals surface area (Å²) in [6.45, 7) is 11.4. The van der Waals surface area contributed by atoms with E-state index < -0.39 is 11.7 Å². The molecule has 1 atom stereocenters. The van der Waals surface area contributed by atoms with E-state index in [-0.39, 0.29) is 11.4 Å². The Morgan fingerprint density at radius 3 is 2.18 bits per heavy atom. The van der Waals surface area contributed by atoms with Gasteiger partial charge in [0, 0.05) is 12.8 Å². The standard InChI is InChI=1S/C13H26O4/c1-10(14)9-13(5,6)17-16-11(15)7-8-12(2,3)4/h10,14H,7-9H2,1-6H3. The molecule has 0 aromatic rings.